The molecule has 0 aliphatic rings. The van der Waals surface area contributed by atoms with Crippen molar-refractivity contribution in [2.24, 2.45) is 0 Å². The van der Waals surface area contributed by atoms with E-state index in [9.17, 15) is 24.2 Å². The zero-order valence-corrected chi connectivity index (χ0v) is 33.9. The fraction of sp³-hybridized carbons (Fsp3) is 0.714. The molecule has 10 nitrogen and oxygen atoms in total. The van der Waals surface area contributed by atoms with Crippen LogP contribution in [0.5, 0.6) is 0 Å². The Hall–Kier alpha value is -2.33. The van der Waals surface area contributed by atoms with E-state index in [1.807, 2.05) is 0 Å². The molecular formula is C42H73O10P. The third-order valence-electron chi connectivity index (χ3n) is 8.16. The molecule has 0 aliphatic carbocycles. The van der Waals surface area contributed by atoms with Crippen LogP contribution in [0.4, 0.5) is 0 Å². The SMILES string of the molecule is CC/C=C\C/C=C\C/C=C\C/C=C\CCCCCCCCC(=O)OC(COC(=O)CCCCCCC/C=C\CCCC)COP(=O)(O)OCC(O)CO. The van der Waals surface area contributed by atoms with Crippen molar-refractivity contribution < 1.29 is 47.8 Å². The quantitative estimate of drug-likeness (QED) is 0.0241. The minimum atomic E-state index is -4.62. The molecule has 0 fully saturated rings. The van der Waals surface area contributed by atoms with Crippen molar-refractivity contribution >= 4 is 19.8 Å². The van der Waals surface area contributed by atoms with Gasteiger partial charge < -0.3 is 24.6 Å². The Kier molecular flexibility index (Phi) is 36.3. The van der Waals surface area contributed by atoms with E-state index >= 15 is 0 Å². The van der Waals surface area contributed by atoms with Crippen LogP contribution in [0.15, 0.2) is 60.8 Å². The summed E-state index contributed by atoms with van der Waals surface area (Å²) in [6, 6.07) is 0. The van der Waals surface area contributed by atoms with Gasteiger partial charge in [0.05, 0.1) is 19.8 Å². The zero-order valence-electron chi connectivity index (χ0n) is 33.0. The third kappa shape index (κ3) is 37.8. The van der Waals surface area contributed by atoms with Crippen LogP contribution in [0.3, 0.4) is 0 Å². The maximum Gasteiger partial charge on any atom is 0.472 e. The molecule has 3 unspecified atom stereocenters. The third-order valence-corrected chi connectivity index (χ3v) is 9.11. The molecule has 53 heavy (non-hydrogen) atoms. The predicted octanol–water partition coefficient (Wildman–Crippen LogP) is 10.3. The number of rotatable bonds is 37. The van der Waals surface area contributed by atoms with Crippen molar-refractivity contribution in [3.63, 3.8) is 0 Å². The molecule has 0 bridgehead atoms. The minimum Gasteiger partial charge on any atom is -0.462 e. The second-order valence-electron chi connectivity index (χ2n) is 13.3. The number of ether oxygens (including phenoxy) is 2. The van der Waals surface area contributed by atoms with Crippen LogP contribution in [-0.2, 0) is 32.7 Å². The van der Waals surface area contributed by atoms with Crippen LogP contribution in [0.2, 0.25) is 0 Å². The number of unbranched alkanes of at least 4 members (excludes halogenated alkanes) is 13. The highest BCUT2D eigenvalue weighted by molar-refractivity contribution is 7.47. The lowest BCUT2D eigenvalue weighted by Crippen LogP contribution is -2.29. The highest BCUT2D eigenvalue weighted by Crippen LogP contribution is 2.43. The monoisotopic (exact) mass is 768 g/mol. The lowest BCUT2D eigenvalue weighted by molar-refractivity contribution is -0.161. The largest absolute Gasteiger partial charge is 0.472 e. The number of carbonyl (C=O) groups is 2. The molecule has 0 aliphatic heterocycles. The molecule has 3 N–H and O–H groups in total. The van der Waals surface area contributed by atoms with Gasteiger partial charge in [0, 0.05) is 12.8 Å². The Labute approximate surface area is 321 Å². The molecule has 11 heteroatoms. The van der Waals surface area contributed by atoms with Crippen molar-refractivity contribution in [3.8, 4) is 0 Å². The molecule has 306 valence electrons. The van der Waals surface area contributed by atoms with Crippen LogP contribution in [0, 0.1) is 0 Å². The van der Waals surface area contributed by atoms with Crippen molar-refractivity contribution in [2.75, 3.05) is 26.4 Å². The van der Waals surface area contributed by atoms with Gasteiger partial charge in [-0.25, -0.2) is 4.57 Å². The Morgan fingerprint density at radius 2 is 1.04 bits per heavy atom. The van der Waals surface area contributed by atoms with E-state index in [0.29, 0.717) is 12.8 Å². The second-order valence-corrected chi connectivity index (χ2v) is 14.7. The maximum atomic E-state index is 12.6. The van der Waals surface area contributed by atoms with Crippen LogP contribution >= 0.6 is 7.82 Å². The summed E-state index contributed by atoms with van der Waals surface area (Å²) in [5, 5.41) is 18.3. The molecule has 0 aromatic carbocycles. The summed E-state index contributed by atoms with van der Waals surface area (Å²) in [7, 11) is -4.62. The number of esters is 2. The molecule has 3 atom stereocenters. The number of phosphoric ester groups is 1. The number of aliphatic hydroxyl groups is 2. The first-order valence-corrected chi connectivity index (χ1v) is 21.7. The molecular weight excluding hydrogens is 695 g/mol. The lowest BCUT2D eigenvalue weighted by atomic mass is 10.1. The first-order valence-electron chi connectivity index (χ1n) is 20.2. The number of hydrogen-bond acceptors (Lipinski definition) is 9. The van der Waals surface area contributed by atoms with Crippen molar-refractivity contribution in [1.82, 2.24) is 0 Å². The molecule has 0 saturated heterocycles. The number of allylic oxidation sites excluding steroid dienone is 10. The van der Waals surface area contributed by atoms with Gasteiger partial charge in [-0.3, -0.25) is 18.6 Å². The van der Waals surface area contributed by atoms with Gasteiger partial charge in [0.15, 0.2) is 6.10 Å². The molecule has 0 radical (unpaired) electrons. The Balaban J connectivity index is 4.36. The zero-order chi connectivity index (χ0) is 39.1. The molecule has 0 spiro atoms. The molecule has 0 aromatic heterocycles. The molecule has 0 rings (SSSR count). The summed E-state index contributed by atoms with van der Waals surface area (Å²) in [5.74, 6) is -0.958. The first kappa shape index (κ1) is 50.7. The van der Waals surface area contributed by atoms with Gasteiger partial charge in [-0.1, -0.05) is 132 Å². The Bertz CT molecular complexity index is 1070. The highest BCUT2D eigenvalue weighted by Gasteiger charge is 2.27. The topological polar surface area (TPSA) is 149 Å². The van der Waals surface area contributed by atoms with E-state index in [-0.39, 0.29) is 19.4 Å². The summed E-state index contributed by atoms with van der Waals surface area (Å²) < 4.78 is 32.6. The van der Waals surface area contributed by atoms with E-state index in [2.05, 4.69) is 79.1 Å². The predicted molar refractivity (Wildman–Crippen MR) is 214 cm³/mol. The van der Waals surface area contributed by atoms with Crippen LogP contribution < -0.4 is 0 Å². The van der Waals surface area contributed by atoms with Gasteiger partial charge in [0.2, 0.25) is 0 Å². The van der Waals surface area contributed by atoms with E-state index in [0.717, 1.165) is 103 Å². The van der Waals surface area contributed by atoms with Crippen LogP contribution in [-0.4, -0.2) is 65.7 Å². The summed E-state index contributed by atoms with van der Waals surface area (Å²) in [5.41, 5.74) is 0. The van der Waals surface area contributed by atoms with Gasteiger partial charge in [0.1, 0.15) is 12.7 Å². The first-order chi connectivity index (χ1) is 25.7. The van der Waals surface area contributed by atoms with Gasteiger partial charge in [-0.15, -0.1) is 0 Å². The van der Waals surface area contributed by atoms with Crippen molar-refractivity contribution in [1.29, 1.82) is 0 Å². The summed E-state index contributed by atoms with van der Waals surface area (Å²) in [4.78, 5) is 34.9. The van der Waals surface area contributed by atoms with Crippen molar-refractivity contribution in [2.45, 2.75) is 167 Å². The highest BCUT2D eigenvalue weighted by atomic mass is 31.2. The van der Waals surface area contributed by atoms with Gasteiger partial charge in [0.25, 0.3) is 0 Å². The minimum absolute atomic E-state index is 0.164. The summed E-state index contributed by atoms with van der Waals surface area (Å²) >= 11 is 0. The van der Waals surface area contributed by atoms with Crippen LogP contribution in [0.1, 0.15) is 155 Å². The Morgan fingerprint density at radius 1 is 0.585 bits per heavy atom. The fourth-order valence-corrected chi connectivity index (χ4v) is 5.81. The van der Waals surface area contributed by atoms with E-state index in [1.165, 1.54) is 12.8 Å². The van der Waals surface area contributed by atoms with E-state index in [1.54, 1.807) is 0 Å². The average molecular weight is 769 g/mol. The van der Waals surface area contributed by atoms with Crippen molar-refractivity contribution in [3.05, 3.63) is 60.8 Å². The molecule has 0 aromatic rings. The fourth-order valence-electron chi connectivity index (χ4n) is 5.02. The Morgan fingerprint density at radius 3 is 1.58 bits per heavy atom. The number of aliphatic hydroxyl groups excluding tert-OH is 2. The normalized spacial score (nSPS) is 14.6. The number of carbonyl (C=O) groups excluding carboxylic acids is 2. The molecule has 0 amide bonds. The summed E-state index contributed by atoms with van der Waals surface area (Å²) in [6.07, 6.45) is 40.5. The molecule has 0 saturated carbocycles. The van der Waals surface area contributed by atoms with Gasteiger partial charge in [-0.2, -0.15) is 0 Å². The standard InChI is InChI=1S/C42H73O10P/c1-3-5-7-9-11-13-15-16-17-18-19-20-21-22-24-26-28-30-32-34-42(46)52-40(38-51-53(47,48)50-36-39(44)35-43)37-49-41(45)33-31-29-27-25-23-14-12-10-8-6-4-2/h5,7,10-13,16-17,19-20,39-40,43-44H,3-4,6,8-9,14-15,18,21-38H2,1-2H3,(H,47,48)/b7-5-,12-10-,13-11-,17-16-,20-19-. The lowest BCUT2D eigenvalue weighted by Gasteiger charge is -2.20. The smallest absolute Gasteiger partial charge is 0.462 e. The number of phosphoric acid groups is 1. The molecule has 0 heterocycles. The number of hydrogen-bond donors (Lipinski definition) is 3. The second kappa shape index (κ2) is 38.0. The van der Waals surface area contributed by atoms with Crippen LogP contribution in [0.25, 0.3) is 0 Å². The summed E-state index contributed by atoms with van der Waals surface area (Å²) in [6.45, 7) is 2.18. The van der Waals surface area contributed by atoms with E-state index in [4.69, 9.17) is 19.1 Å². The maximum absolute atomic E-state index is 12.6. The van der Waals surface area contributed by atoms with Gasteiger partial charge in [-0.05, 0) is 70.6 Å². The van der Waals surface area contributed by atoms with Gasteiger partial charge >= 0.3 is 19.8 Å². The average Bonchev–Trinajstić information content (AvgIpc) is 3.14. The van der Waals surface area contributed by atoms with E-state index < -0.39 is 51.8 Å².